The van der Waals surface area contributed by atoms with Gasteiger partial charge in [0, 0.05) is 22.8 Å². The maximum atomic E-state index is 9.06. The standard InChI is InChI=1S/C11H11ClOS/c12-11-5-4-9(3-1-2-6-14)10(7-11)8-13/h4-5,7,13-14H,2,6,8H2. The summed E-state index contributed by atoms with van der Waals surface area (Å²) in [7, 11) is 0. The SMILES string of the molecule is OCc1cc(Cl)ccc1C#CCCS. The molecular weight excluding hydrogens is 216 g/mol. The molecule has 0 spiro atoms. The molecule has 1 aromatic rings. The zero-order chi connectivity index (χ0) is 10.4. The van der Waals surface area contributed by atoms with Crippen LogP contribution in [-0.2, 0) is 6.61 Å². The summed E-state index contributed by atoms with van der Waals surface area (Å²) in [5, 5.41) is 9.68. The first-order valence-electron chi connectivity index (χ1n) is 4.27. The summed E-state index contributed by atoms with van der Waals surface area (Å²) in [5.41, 5.74) is 1.60. The van der Waals surface area contributed by atoms with Gasteiger partial charge < -0.3 is 5.11 Å². The Morgan fingerprint density at radius 3 is 2.86 bits per heavy atom. The zero-order valence-corrected chi connectivity index (χ0v) is 9.28. The van der Waals surface area contributed by atoms with Gasteiger partial charge in [-0.25, -0.2) is 0 Å². The Kier molecular flexibility index (Phi) is 4.89. The smallest absolute Gasteiger partial charge is 0.0694 e. The maximum Gasteiger partial charge on any atom is 0.0694 e. The summed E-state index contributed by atoms with van der Waals surface area (Å²) in [6, 6.07) is 5.32. The van der Waals surface area contributed by atoms with Crippen LogP contribution in [0.25, 0.3) is 0 Å². The van der Waals surface area contributed by atoms with Crippen LogP contribution in [0.2, 0.25) is 5.02 Å². The lowest BCUT2D eigenvalue weighted by Crippen LogP contribution is -1.89. The van der Waals surface area contributed by atoms with E-state index in [4.69, 9.17) is 16.7 Å². The lowest BCUT2D eigenvalue weighted by atomic mass is 10.1. The second-order valence-electron chi connectivity index (χ2n) is 2.73. The summed E-state index contributed by atoms with van der Waals surface area (Å²) in [5.74, 6) is 6.68. The van der Waals surface area contributed by atoms with Crippen LogP contribution < -0.4 is 0 Å². The van der Waals surface area contributed by atoms with E-state index >= 15 is 0 Å². The number of thiol groups is 1. The average Bonchev–Trinajstić information content (AvgIpc) is 2.20. The quantitative estimate of drug-likeness (QED) is 0.587. The van der Waals surface area contributed by atoms with E-state index in [1.165, 1.54) is 0 Å². The zero-order valence-electron chi connectivity index (χ0n) is 7.63. The van der Waals surface area contributed by atoms with Crippen LogP contribution in [0.4, 0.5) is 0 Å². The van der Waals surface area contributed by atoms with Gasteiger partial charge in [-0.1, -0.05) is 23.4 Å². The Labute approximate surface area is 94.5 Å². The van der Waals surface area contributed by atoms with Gasteiger partial charge in [-0.3, -0.25) is 0 Å². The second kappa shape index (κ2) is 5.98. The molecule has 74 valence electrons. The topological polar surface area (TPSA) is 20.2 Å². The van der Waals surface area contributed by atoms with Gasteiger partial charge in [0.2, 0.25) is 0 Å². The van der Waals surface area contributed by atoms with Gasteiger partial charge in [-0.2, -0.15) is 12.6 Å². The fourth-order valence-corrected chi connectivity index (χ4v) is 1.34. The molecule has 1 nitrogen and oxygen atoms in total. The van der Waals surface area contributed by atoms with E-state index < -0.39 is 0 Å². The van der Waals surface area contributed by atoms with Crippen molar-refractivity contribution in [3.63, 3.8) is 0 Å². The highest BCUT2D eigenvalue weighted by Gasteiger charge is 1.98. The molecule has 0 unspecified atom stereocenters. The molecule has 0 aliphatic rings. The lowest BCUT2D eigenvalue weighted by Gasteiger charge is -2.00. The number of aliphatic hydroxyl groups excluding tert-OH is 1. The number of hydrogen-bond donors (Lipinski definition) is 2. The van der Waals surface area contributed by atoms with E-state index in [0.717, 1.165) is 23.3 Å². The van der Waals surface area contributed by atoms with E-state index in [9.17, 15) is 0 Å². The number of benzene rings is 1. The van der Waals surface area contributed by atoms with Gasteiger partial charge in [0.1, 0.15) is 0 Å². The van der Waals surface area contributed by atoms with E-state index in [2.05, 4.69) is 24.5 Å². The molecule has 0 saturated carbocycles. The normalized spacial score (nSPS) is 9.36. The lowest BCUT2D eigenvalue weighted by molar-refractivity contribution is 0.281. The summed E-state index contributed by atoms with van der Waals surface area (Å²) < 4.78 is 0. The highest BCUT2D eigenvalue weighted by molar-refractivity contribution is 7.80. The van der Waals surface area contributed by atoms with E-state index in [0.29, 0.717) is 5.02 Å². The predicted molar refractivity (Wildman–Crippen MR) is 62.7 cm³/mol. The van der Waals surface area contributed by atoms with Gasteiger partial charge in [0.15, 0.2) is 0 Å². The molecule has 0 aromatic heterocycles. The molecule has 0 radical (unpaired) electrons. The number of hydrogen-bond acceptors (Lipinski definition) is 2. The minimum Gasteiger partial charge on any atom is -0.392 e. The van der Waals surface area contributed by atoms with Crippen LogP contribution in [0.3, 0.4) is 0 Å². The minimum absolute atomic E-state index is 0.0363. The average molecular weight is 227 g/mol. The number of halogens is 1. The molecular formula is C11H11ClOS. The largest absolute Gasteiger partial charge is 0.392 e. The molecule has 0 amide bonds. The number of aliphatic hydroxyl groups is 1. The third kappa shape index (κ3) is 3.26. The molecule has 1 rings (SSSR count). The molecule has 1 aromatic carbocycles. The predicted octanol–water partition coefficient (Wildman–Crippen LogP) is 2.50. The van der Waals surface area contributed by atoms with E-state index in [1.54, 1.807) is 12.1 Å². The van der Waals surface area contributed by atoms with Crippen LogP contribution in [0.5, 0.6) is 0 Å². The van der Waals surface area contributed by atoms with Crippen molar-refractivity contribution in [2.45, 2.75) is 13.0 Å². The van der Waals surface area contributed by atoms with E-state index in [1.807, 2.05) is 6.07 Å². The van der Waals surface area contributed by atoms with Crippen molar-refractivity contribution in [3.8, 4) is 11.8 Å². The summed E-state index contributed by atoms with van der Waals surface area (Å²) >= 11 is 9.84. The summed E-state index contributed by atoms with van der Waals surface area (Å²) in [4.78, 5) is 0. The summed E-state index contributed by atoms with van der Waals surface area (Å²) in [6.07, 6.45) is 0.747. The Balaban J connectivity index is 2.92. The van der Waals surface area contributed by atoms with Crippen LogP contribution in [-0.4, -0.2) is 10.9 Å². The second-order valence-corrected chi connectivity index (χ2v) is 3.62. The van der Waals surface area contributed by atoms with Crippen molar-refractivity contribution in [3.05, 3.63) is 34.3 Å². The fourth-order valence-electron chi connectivity index (χ4n) is 1.03. The first kappa shape index (κ1) is 11.5. The van der Waals surface area contributed by atoms with Crippen molar-refractivity contribution in [1.82, 2.24) is 0 Å². The third-order valence-electron chi connectivity index (χ3n) is 1.70. The van der Waals surface area contributed by atoms with Gasteiger partial charge in [-0.05, 0) is 23.8 Å². The molecule has 14 heavy (non-hydrogen) atoms. The van der Waals surface area contributed by atoms with Crippen LogP contribution in [0.15, 0.2) is 18.2 Å². The molecule has 3 heteroatoms. The molecule has 0 fully saturated rings. The monoisotopic (exact) mass is 226 g/mol. The minimum atomic E-state index is -0.0363. The Hall–Kier alpha value is -0.620. The molecule has 0 atom stereocenters. The van der Waals surface area contributed by atoms with Crippen LogP contribution in [0.1, 0.15) is 17.5 Å². The van der Waals surface area contributed by atoms with E-state index in [-0.39, 0.29) is 6.61 Å². The molecule has 0 aliphatic heterocycles. The molecule has 0 bridgehead atoms. The van der Waals surface area contributed by atoms with Crippen molar-refractivity contribution < 1.29 is 5.11 Å². The summed E-state index contributed by atoms with van der Waals surface area (Å²) in [6.45, 7) is -0.0363. The Morgan fingerprint density at radius 2 is 2.21 bits per heavy atom. The van der Waals surface area contributed by atoms with Crippen molar-refractivity contribution in [2.75, 3.05) is 5.75 Å². The first-order valence-corrected chi connectivity index (χ1v) is 5.28. The van der Waals surface area contributed by atoms with Gasteiger partial charge in [0.05, 0.1) is 6.61 Å². The van der Waals surface area contributed by atoms with Crippen LogP contribution >= 0.6 is 24.2 Å². The Bertz CT molecular complexity index is 365. The Morgan fingerprint density at radius 1 is 1.43 bits per heavy atom. The maximum absolute atomic E-state index is 9.06. The highest BCUT2D eigenvalue weighted by Crippen LogP contribution is 2.15. The molecule has 0 aliphatic carbocycles. The van der Waals surface area contributed by atoms with Gasteiger partial charge >= 0.3 is 0 Å². The highest BCUT2D eigenvalue weighted by atomic mass is 35.5. The molecule has 0 saturated heterocycles. The third-order valence-corrected chi connectivity index (χ3v) is 2.16. The van der Waals surface area contributed by atoms with Crippen molar-refractivity contribution in [1.29, 1.82) is 0 Å². The van der Waals surface area contributed by atoms with Crippen molar-refractivity contribution in [2.24, 2.45) is 0 Å². The van der Waals surface area contributed by atoms with Gasteiger partial charge in [0.25, 0.3) is 0 Å². The van der Waals surface area contributed by atoms with Crippen LogP contribution in [0, 0.1) is 11.8 Å². The first-order chi connectivity index (χ1) is 6.77. The molecule has 0 heterocycles. The number of rotatable bonds is 2. The molecule has 1 N–H and O–H groups in total. The van der Waals surface area contributed by atoms with Crippen molar-refractivity contribution >= 4 is 24.2 Å². The fraction of sp³-hybridized carbons (Fsp3) is 0.273. The van der Waals surface area contributed by atoms with Gasteiger partial charge in [-0.15, -0.1) is 0 Å².